The molecular weight excluding hydrogens is 168 g/mol. The van der Waals surface area contributed by atoms with Crippen LogP contribution in [0.15, 0.2) is 4.99 Å². The van der Waals surface area contributed by atoms with E-state index in [1.54, 1.807) is 14.2 Å². The molecule has 0 aromatic rings. The molecular formula is C8H18N4O. The van der Waals surface area contributed by atoms with E-state index in [1.165, 1.54) is 0 Å². The minimum absolute atomic E-state index is 0.395. The highest BCUT2D eigenvalue weighted by Gasteiger charge is 2.20. The first-order valence-electron chi connectivity index (χ1n) is 4.53. The Labute approximate surface area is 78.9 Å². The predicted molar refractivity (Wildman–Crippen MR) is 52.3 cm³/mol. The van der Waals surface area contributed by atoms with Gasteiger partial charge in [-0.2, -0.15) is 0 Å². The maximum Gasteiger partial charge on any atom is 0.208 e. The van der Waals surface area contributed by atoms with Crippen LogP contribution in [0, 0.1) is 0 Å². The Morgan fingerprint density at radius 3 is 2.54 bits per heavy atom. The van der Waals surface area contributed by atoms with Crippen LogP contribution in [0.3, 0.4) is 0 Å². The maximum atomic E-state index is 5.33. The summed E-state index contributed by atoms with van der Waals surface area (Å²) in [7, 11) is 3.49. The van der Waals surface area contributed by atoms with E-state index >= 15 is 0 Å². The monoisotopic (exact) mass is 186 g/mol. The number of aliphatic imine (C=N–C) groups is 1. The Morgan fingerprint density at radius 2 is 2.15 bits per heavy atom. The summed E-state index contributed by atoms with van der Waals surface area (Å²) in [5, 5.41) is 0. The van der Waals surface area contributed by atoms with Crippen LogP contribution < -0.4 is 11.3 Å². The van der Waals surface area contributed by atoms with Gasteiger partial charge in [-0.3, -0.25) is 10.4 Å². The number of hydrazine groups is 1. The van der Waals surface area contributed by atoms with Crippen LogP contribution in [0.1, 0.15) is 12.8 Å². The van der Waals surface area contributed by atoms with E-state index in [0.717, 1.165) is 31.9 Å². The molecule has 5 nitrogen and oxygen atoms in total. The van der Waals surface area contributed by atoms with Crippen LogP contribution in [0.5, 0.6) is 0 Å². The van der Waals surface area contributed by atoms with Gasteiger partial charge < -0.3 is 9.64 Å². The number of nitrogens with zero attached hydrogens (tertiary/aromatic N) is 2. The second-order valence-electron chi connectivity index (χ2n) is 3.11. The average Bonchev–Trinajstić information content (AvgIpc) is 2.21. The number of likely N-dealkylation sites (tertiary alicyclic amines) is 1. The van der Waals surface area contributed by atoms with E-state index in [0.29, 0.717) is 6.10 Å². The molecule has 0 aliphatic carbocycles. The minimum Gasteiger partial charge on any atom is -0.381 e. The lowest BCUT2D eigenvalue weighted by atomic mass is 10.1. The Balaban J connectivity index is 2.40. The predicted octanol–water partition coefficient (Wildman–Crippen LogP) is -0.454. The summed E-state index contributed by atoms with van der Waals surface area (Å²) in [4.78, 5) is 6.18. The Kier molecular flexibility index (Phi) is 3.98. The minimum atomic E-state index is 0.395. The third kappa shape index (κ3) is 2.57. The van der Waals surface area contributed by atoms with Gasteiger partial charge in [0.25, 0.3) is 0 Å². The summed E-state index contributed by atoms with van der Waals surface area (Å²) in [5.41, 5.74) is 2.59. The summed E-state index contributed by atoms with van der Waals surface area (Å²) in [6.45, 7) is 1.91. The molecule has 0 unspecified atom stereocenters. The number of methoxy groups -OCH3 is 1. The highest BCUT2D eigenvalue weighted by atomic mass is 16.5. The molecule has 0 saturated carbocycles. The molecule has 13 heavy (non-hydrogen) atoms. The quantitative estimate of drug-likeness (QED) is 0.252. The van der Waals surface area contributed by atoms with E-state index in [2.05, 4.69) is 15.3 Å². The molecule has 0 atom stereocenters. The van der Waals surface area contributed by atoms with Crippen molar-refractivity contribution < 1.29 is 4.74 Å². The van der Waals surface area contributed by atoms with Gasteiger partial charge in [0.15, 0.2) is 0 Å². The Bertz CT molecular complexity index is 175. The summed E-state index contributed by atoms with van der Waals surface area (Å²) in [6, 6.07) is 0. The molecule has 0 spiro atoms. The number of rotatable bonds is 1. The van der Waals surface area contributed by atoms with Crippen molar-refractivity contribution in [2.45, 2.75) is 18.9 Å². The van der Waals surface area contributed by atoms with Crippen molar-refractivity contribution >= 4 is 5.96 Å². The fraction of sp³-hybridized carbons (Fsp3) is 0.875. The SMILES string of the molecule is CN=C(NN)N1CCC(OC)CC1. The number of nitrogens with two attached hydrogens (primary N) is 1. The lowest BCUT2D eigenvalue weighted by molar-refractivity contribution is 0.0571. The zero-order valence-corrected chi connectivity index (χ0v) is 8.29. The van der Waals surface area contributed by atoms with Gasteiger partial charge in [0.1, 0.15) is 0 Å². The summed E-state index contributed by atoms with van der Waals surface area (Å²) < 4.78 is 5.27. The van der Waals surface area contributed by atoms with E-state index in [4.69, 9.17) is 10.6 Å². The van der Waals surface area contributed by atoms with E-state index in [9.17, 15) is 0 Å². The van der Waals surface area contributed by atoms with Crippen LogP contribution in [0.25, 0.3) is 0 Å². The lowest BCUT2D eigenvalue weighted by Gasteiger charge is -2.32. The molecule has 1 aliphatic rings. The fourth-order valence-electron chi connectivity index (χ4n) is 1.60. The molecule has 0 radical (unpaired) electrons. The van der Waals surface area contributed by atoms with E-state index < -0.39 is 0 Å². The molecule has 0 bridgehead atoms. The highest BCUT2D eigenvalue weighted by Crippen LogP contribution is 2.12. The number of ether oxygens (including phenoxy) is 1. The van der Waals surface area contributed by atoms with E-state index in [-0.39, 0.29) is 0 Å². The van der Waals surface area contributed by atoms with Crippen molar-refractivity contribution in [1.82, 2.24) is 10.3 Å². The first kappa shape index (κ1) is 10.3. The van der Waals surface area contributed by atoms with E-state index in [1.807, 2.05) is 0 Å². The largest absolute Gasteiger partial charge is 0.381 e. The van der Waals surface area contributed by atoms with Gasteiger partial charge in [0.2, 0.25) is 5.96 Å². The topological polar surface area (TPSA) is 62.9 Å². The molecule has 3 N–H and O–H groups in total. The molecule has 5 heteroatoms. The van der Waals surface area contributed by atoms with Gasteiger partial charge in [0, 0.05) is 27.2 Å². The lowest BCUT2D eigenvalue weighted by Crippen LogP contribution is -2.49. The van der Waals surface area contributed by atoms with Crippen LogP contribution >= 0.6 is 0 Å². The third-order valence-electron chi connectivity index (χ3n) is 2.42. The molecule has 0 aromatic carbocycles. The molecule has 1 fully saturated rings. The molecule has 0 aromatic heterocycles. The molecule has 1 aliphatic heterocycles. The van der Waals surface area contributed by atoms with Crippen molar-refractivity contribution in [2.24, 2.45) is 10.8 Å². The van der Waals surface area contributed by atoms with Crippen molar-refractivity contribution in [3.8, 4) is 0 Å². The molecule has 0 amide bonds. The molecule has 1 rings (SSSR count). The zero-order valence-electron chi connectivity index (χ0n) is 8.29. The summed E-state index contributed by atoms with van der Waals surface area (Å²) in [5.74, 6) is 6.09. The first-order chi connectivity index (χ1) is 6.31. The first-order valence-corrected chi connectivity index (χ1v) is 4.53. The number of nitrogens with one attached hydrogen (secondary N) is 1. The molecule has 1 saturated heterocycles. The van der Waals surface area contributed by atoms with Gasteiger partial charge in [-0.05, 0) is 12.8 Å². The standard InChI is InChI=1S/C8H18N4O/c1-10-8(11-9)12-5-3-7(13-2)4-6-12/h7H,3-6,9H2,1-2H3,(H,10,11). The third-order valence-corrected chi connectivity index (χ3v) is 2.42. The maximum absolute atomic E-state index is 5.33. The van der Waals surface area contributed by atoms with Crippen LogP contribution in [0.2, 0.25) is 0 Å². The summed E-state index contributed by atoms with van der Waals surface area (Å²) in [6.07, 6.45) is 2.47. The van der Waals surface area contributed by atoms with Crippen molar-refractivity contribution in [3.05, 3.63) is 0 Å². The second kappa shape index (κ2) is 5.04. The van der Waals surface area contributed by atoms with Gasteiger partial charge in [0.05, 0.1) is 6.10 Å². The number of guanidine groups is 1. The van der Waals surface area contributed by atoms with Gasteiger partial charge in [-0.15, -0.1) is 0 Å². The zero-order chi connectivity index (χ0) is 9.68. The second-order valence-corrected chi connectivity index (χ2v) is 3.11. The summed E-state index contributed by atoms with van der Waals surface area (Å²) >= 11 is 0. The fourth-order valence-corrected chi connectivity index (χ4v) is 1.60. The smallest absolute Gasteiger partial charge is 0.208 e. The molecule has 76 valence electrons. The Morgan fingerprint density at radius 1 is 1.54 bits per heavy atom. The average molecular weight is 186 g/mol. The van der Waals surface area contributed by atoms with Crippen molar-refractivity contribution in [1.29, 1.82) is 0 Å². The van der Waals surface area contributed by atoms with Crippen molar-refractivity contribution in [2.75, 3.05) is 27.2 Å². The van der Waals surface area contributed by atoms with Gasteiger partial charge in [-0.1, -0.05) is 0 Å². The van der Waals surface area contributed by atoms with Crippen molar-refractivity contribution in [3.63, 3.8) is 0 Å². The normalized spacial score (nSPS) is 20.5. The van der Waals surface area contributed by atoms with Crippen LogP contribution in [0.4, 0.5) is 0 Å². The highest BCUT2D eigenvalue weighted by molar-refractivity contribution is 5.79. The number of piperidine rings is 1. The molecule has 1 heterocycles. The van der Waals surface area contributed by atoms with Gasteiger partial charge >= 0.3 is 0 Å². The van der Waals surface area contributed by atoms with Gasteiger partial charge in [-0.25, -0.2) is 5.84 Å². The van der Waals surface area contributed by atoms with Crippen LogP contribution in [-0.2, 0) is 4.74 Å². The number of hydrogen-bond acceptors (Lipinski definition) is 3. The van der Waals surface area contributed by atoms with Crippen LogP contribution in [-0.4, -0.2) is 44.2 Å². The Hall–Kier alpha value is -0.810. The number of hydrogen-bond donors (Lipinski definition) is 2.